The predicted octanol–water partition coefficient (Wildman–Crippen LogP) is 5.08. The van der Waals surface area contributed by atoms with Crippen molar-refractivity contribution in [2.75, 3.05) is 5.32 Å². The molecule has 1 aromatic heterocycles. The van der Waals surface area contributed by atoms with Gasteiger partial charge in [-0.05, 0) is 30.3 Å². The molecule has 2 aromatic carbocycles. The number of carbonyl (C=O) groups excluding carboxylic acids is 1. The average molecular weight is 342 g/mol. The van der Waals surface area contributed by atoms with Crippen molar-refractivity contribution in [2.24, 2.45) is 0 Å². The summed E-state index contributed by atoms with van der Waals surface area (Å²) >= 11 is 0. The van der Waals surface area contributed by atoms with E-state index in [1.807, 2.05) is 0 Å². The molecule has 25 heavy (non-hydrogen) atoms. The van der Waals surface area contributed by atoms with Crippen LogP contribution >= 0.6 is 0 Å². The van der Waals surface area contributed by atoms with Crippen molar-refractivity contribution >= 4 is 17.3 Å². The van der Waals surface area contributed by atoms with Crippen molar-refractivity contribution in [1.29, 1.82) is 0 Å². The number of halogens is 3. The summed E-state index contributed by atoms with van der Waals surface area (Å²) in [6.45, 7) is 0. The van der Waals surface area contributed by atoms with Crippen LogP contribution in [0.25, 0.3) is 0 Å². The largest absolute Gasteiger partial charge is 0.416 e. The molecule has 3 rings (SSSR count). The second-order valence-electron chi connectivity index (χ2n) is 5.30. The molecular weight excluding hydrogens is 329 g/mol. The molecule has 1 N–H and O–H groups in total. The van der Waals surface area contributed by atoms with Crippen molar-refractivity contribution < 1.29 is 18.0 Å². The van der Waals surface area contributed by atoms with E-state index < -0.39 is 11.7 Å². The zero-order chi connectivity index (χ0) is 17.9. The van der Waals surface area contributed by atoms with E-state index in [0.29, 0.717) is 5.56 Å². The van der Waals surface area contributed by atoms with Crippen LogP contribution in [0.3, 0.4) is 0 Å². The van der Waals surface area contributed by atoms with Crippen LogP contribution in [0.15, 0.2) is 72.9 Å². The number of ketones is 1. The number of carbonyl (C=O) groups is 1. The Bertz CT molecular complexity index is 892. The smallest absolute Gasteiger partial charge is 0.340 e. The van der Waals surface area contributed by atoms with E-state index in [2.05, 4.69) is 10.3 Å². The second-order valence-corrected chi connectivity index (χ2v) is 5.30. The molecule has 6 heteroatoms. The van der Waals surface area contributed by atoms with Gasteiger partial charge in [-0.2, -0.15) is 13.2 Å². The van der Waals surface area contributed by atoms with Crippen molar-refractivity contribution in [1.82, 2.24) is 4.98 Å². The number of alkyl halides is 3. The fraction of sp³-hybridized carbons (Fsp3) is 0.0526. The van der Waals surface area contributed by atoms with Crippen LogP contribution in [0.4, 0.5) is 24.7 Å². The minimum absolute atomic E-state index is 0.204. The highest BCUT2D eigenvalue weighted by atomic mass is 19.4. The Morgan fingerprint density at radius 2 is 1.68 bits per heavy atom. The van der Waals surface area contributed by atoms with E-state index in [1.54, 1.807) is 42.5 Å². The quantitative estimate of drug-likeness (QED) is 0.673. The number of hydrogen-bond donors (Lipinski definition) is 1. The van der Waals surface area contributed by atoms with Crippen molar-refractivity contribution in [3.63, 3.8) is 0 Å². The van der Waals surface area contributed by atoms with Crippen molar-refractivity contribution in [3.8, 4) is 0 Å². The Kier molecular flexibility index (Phi) is 4.52. The third-order valence-corrected chi connectivity index (χ3v) is 3.54. The lowest BCUT2D eigenvalue weighted by atomic mass is 10.0. The topological polar surface area (TPSA) is 42.0 Å². The molecule has 0 bridgehead atoms. The molecule has 1 heterocycles. The van der Waals surface area contributed by atoms with E-state index >= 15 is 0 Å². The normalized spacial score (nSPS) is 11.2. The van der Waals surface area contributed by atoms with Gasteiger partial charge >= 0.3 is 6.18 Å². The highest BCUT2D eigenvalue weighted by molar-refractivity contribution is 6.12. The summed E-state index contributed by atoms with van der Waals surface area (Å²) in [4.78, 5) is 16.7. The Balaban J connectivity index is 1.94. The van der Waals surface area contributed by atoms with E-state index in [4.69, 9.17) is 0 Å². The summed E-state index contributed by atoms with van der Waals surface area (Å²) in [5.41, 5.74) is 0.189. The van der Waals surface area contributed by atoms with Gasteiger partial charge in [-0.3, -0.25) is 4.79 Å². The lowest BCUT2D eigenvalue weighted by Gasteiger charge is -2.12. The Morgan fingerprint density at radius 1 is 0.920 bits per heavy atom. The first-order valence-electron chi connectivity index (χ1n) is 7.44. The number of rotatable bonds is 4. The highest BCUT2D eigenvalue weighted by Gasteiger charge is 2.30. The molecule has 3 nitrogen and oxygen atoms in total. The fourth-order valence-electron chi connectivity index (χ4n) is 2.34. The van der Waals surface area contributed by atoms with Gasteiger partial charge in [0.1, 0.15) is 5.82 Å². The molecule has 0 fully saturated rings. The molecule has 0 saturated carbocycles. The van der Waals surface area contributed by atoms with Gasteiger partial charge in [0, 0.05) is 17.4 Å². The van der Waals surface area contributed by atoms with Crippen LogP contribution in [0.1, 0.15) is 21.5 Å². The molecule has 0 aliphatic heterocycles. The molecule has 0 unspecified atom stereocenters. The zero-order valence-corrected chi connectivity index (χ0v) is 12.9. The first kappa shape index (κ1) is 16.7. The van der Waals surface area contributed by atoms with Crippen LogP contribution in [0, 0.1) is 0 Å². The number of aromatic nitrogens is 1. The Labute approximate surface area is 142 Å². The number of anilines is 2. The van der Waals surface area contributed by atoms with Crippen LogP contribution in [-0.2, 0) is 6.18 Å². The first-order chi connectivity index (χ1) is 11.9. The number of nitrogens with zero attached hydrogens (tertiary/aromatic N) is 1. The van der Waals surface area contributed by atoms with Gasteiger partial charge in [0.05, 0.1) is 11.1 Å². The van der Waals surface area contributed by atoms with E-state index in [-0.39, 0.29) is 22.9 Å². The van der Waals surface area contributed by atoms with E-state index in [9.17, 15) is 18.0 Å². The monoisotopic (exact) mass is 342 g/mol. The first-order valence-corrected chi connectivity index (χ1v) is 7.44. The summed E-state index contributed by atoms with van der Waals surface area (Å²) in [5, 5.41) is 2.80. The maximum Gasteiger partial charge on any atom is 0.416 e. The molecule has 0 atom stereocenters. The highest BCUT2D eigenvalue weighted by Crippen LogP contribution is 2.31. The maximum absolute atomic E-state index is 12.8. The average Bonchev–Trinajstić information content (AvgIpc) is 2.62. The van der Waals surface area contributed by atoms with Crippen LogP contribution in [0.2, 0.25) is 0 Å². The number of benzene rings is 2. The molecule has 0 aliphatic rings. The molecule has 0 saturated heterocycles. The van der Waals surface area contributed by atoms with Gasteiger partial charge < -0.3 is 5.32 Å². The molecule has 0 amide bonds. The minimum Gasteiger partial charge on any atom is -0.340 e. The minimum atomic E-state index is -4.44. The van der Waals surface area contributed by atoms with Crippen LogP contribution in [-0.4, -0.2) is 10.8 Å². The van der Waals surface area contributed by atoms with Gasteiger partial charge in [-0.1, -0.05) is 36.4 Å². The summed E-state index contributed by atoms with van der Waals surface area (Å²) in [6, 6.07) is 16.5. The molecular formula is C19H13F3N2O. The van der Waals surface area contributed by atoms with Gasteiger partial charge in [-0.25, -0.2) is 4.98 Å². The molecule has 0 aliphatic carbocycles. The Hall–Kier alpha value is -3.15. The number of pyridine rings is 1. The molecule has 0 spiro atoms. The lowest BCUT2D eigenvalue weighted by Crippen LogP contribution is -2.08. The Morgan fingerprint density at radius 3 is 2.40 bits per heavy atom. The van der Waals surface area contributed by atoms with Gasteiger partial charge in [-0.15, -0.1) is 0 Å². The lowest BCUT2D eigenvalue weighted by molar-refractivity contribution is -0.137. The van der Waals surface area contributed by atoms with E-state index in [1.165, 1.54) is 18.3 Å². The van der Waals surface area contributed by atoms with E-state index in [0.717, 1.165) is 12.1 Å². The molecule has 126 valence electrons. The van der Waals surface area contributed by atoms with Crippen molar-refractivity contribution in [3.05, 3.63) is 89.6 Å². The second kappa shape index (κ2) is 6.76. The summed E-state index contributed by atoms with van der Waals surface area (Å²) in [7, 11) is 0. The van der Waals surface area contributed by atoms with Gasteiger partial charge in [0.15, 0.2) is 5.78 Å². The summed E-state index contributed by atoms with van der Waals surface area (Å²) < 4.78 is 38.5. The molecule has 0 radical (unpaired) electrons. The maximum atomic E-state index is 12.8. The molecule has 3 aromatic rings. The standard InChI is InChI=1S/C19H13F3N2O/c20-19(21,22)14-8-4-9-15(12-14)24-18-16(10-5-11-23-18)17(25)13-6-2-1-3-7-13/h1-12H,(H,23,24). The van der Waals surface area contributed by atoms with Gasteiger partial charge in [0.25, 0.3) is 0 Å². The van der Waals surface area contributed by atoms with Crippen molar-refractivity contribution in [2.45, 2.75) is 6.18 Å². The third-order valence-electron chi connectivity index (χ3n) is 3.54. The summed E-state index contributed by atoms with van der Waals surface area (Å²) in [6.07, 6.45) is -2.97. The summed E-state index contributed by atoms with van der Waals surface area (Å²) in [5.74, 6) is -0.0566. The SMILES string of the molecule is O=C(c1ccccc1)c1cccnc1Nc1cccc(C(F)(F)F)c1. The van der Waals surface area contributed by atoms with Gasteiger partial charge in [0.2, 0.25) is 0 Å². The number of hydrogen-bond acceptors (Lipinski definition) is 3. The third kappa shape index (κ3) is 3.85. The number of nitrogens with one attached hydrogen (secondary N) is 1. The van der Waals surface area contributed by atoms with Crippen LogP contribution in [0.5, 0.6) is 0 Å². The predicted molar refractivity (Wildman–Crippen MR) is 88.8 cm³/mol. The van der Waals surface area contributed by atoms with Crippen LogP contribution < -0.4 is 5.32 Å². The fourth-order valence-corrected chi connectivity index (χ4v) is 2.34. The zero-order valence-electron chi connectivity index (χ0n) is 12.9.